The molecule has 2 aromatic carbocycles. The molecule has 0 heterocycles. The summed E-state index contributed by atoms with van der Waals surface area (Å²) in [4.78, 5) is 24.3. The highest BCUT2D eigenvalue weighted by atomic mass is 35.5. The predicted molar refractivity (Wildman–Crippen MR) is 110 cm³/mol. The molecule has 0 aromatic heterocycles. The van der Waals surface area contributed by atoms with E-state index >= 15 is 0 Å². The van der Waals surface area contributed by atoms with Crippen LogP contribution in [0.5, 0.6) is 0 Å². The molecule has 3 rings (SSSR count). The molecule has 138 valence electrons. The molecule has 26 heavy (non-hydrogen) atoms. The van der Waals surface area contributed by atoms with Crippen molar-refractivity contribution in [2.75, 3.05) is 17.2 Å². The molecule has 0 saturated carbocycles. The smallest absolute Gasteiger partial charge is 0.230 e. The Labute approximate surface area is 164 Å². The van der Waals surface area contributed by atoms with Gasteiger partial charge in [-0.2, -0.15) is 0 Å². The Kier molecular flexibility index (Phi) is 7.54. The van der Waals surface area contributed by atoms with Gasteiger partial charge in [-0.1, -0.05) is 36.4 Å². The number of thioether (sulfide) groups is 1. The summed E-state index contributed by atoms with van der Waals surface area (Å²) < 4.78 is 0. The number of hydrogen-bond donors (Lipinski definition) is 2. The molecule has 1 atom stereocenters. The maximum atomic E-state index is 12.2. The first-order valence-corrected chi connectivity index (χ1v) is 9.62. The summed E-state index contributed by atoms with van der Waals surface area (Å²) in [6.07, 6.45) is 2.99. The highest BCUT2D eigenvalue weighted by Crippen LogP contribution is 2.31. The van der Waals surface area contributed by atoms with Crippen LogP contribution in [0.15, 0.2) is 48.5 Å². The SMILES string of the molecule is Cl.Nc1ccc2c(c1)CCCC2NC(=O)CSCC(=O)c1ccccc1. The molecular weight excluding hydrogens is 368 g/mol. The van der Waals surface area contributed by atoms with Crippen LogP contribution in [0.1, 0.15) is 40.4 Å². The van der Waals surface area contributed by atoms with Gasteiger partial charge >= 0.3 is 0 Å². The van der Waals surface area contributed by atoms with E-state index in [1.165, 1.54) is 22.9 Å². The number of nitrogen functional groups attached to an aromatic ring is 1. The fourth-order valence-corrected chi connectivity index (χ4v) is 3.89. The van der Waals surface area contributed by atoms with Crippen LogP contribution in [0.25, 0.3) is 0 Å². The Morgan fingerprint density at radius 3 is 2.65 bits per heavy atom. The summed E-state index contributed by atoms with van der Waals surface area (Å²) in [5.74, 6) is 0.631. The van der Waals surface area contributed by atoms with Crippen molar-refractivity contribution >= 4 is 41.5 Å². The number of hydrogen-bond acceptors (Lipinski definition) is 4. The fraction of sp³-hybridized carbons (Fsp3) is 0.300. The summed E-state index contributed by atoms with van der Waals surface area (Å²) in [6.45, 7) is 0. The molecule has 4 nitrogen and oxygen atoms in total. The van der Waals surface area contributed by atoms with Crippen LogP contribution in [-0.4, -0.2) is 23.2 Å². The fourth-order valence-electron chi connectivity index (χ4n) is 3.16. The van der Waals surface area contributed by atoms with Gasteiger partial charge in [-0.3, -0.25) is 9.59 Å². The number of nitrogens with one attached hydrogen (secondary N) is 1. The van der Waals surface area contributed by atoms with Gasteiger partial charge in [0, 0.05) is 11.3 Å². The molecule has 0 bridgehead atoms. The van der Waals surface area contributed by atoms with E-state index in [0.29, 0.717) is 17.1 Å². The normalized spacial score (nSPS) is 15.5. The van der Waals surface area contributed by atoms with Crippen molar-refractivity contribution in [2.45, 2.75) is 25.3 Å². The topological polar surface area (TPSA) is 72.2 Å². The monoisotopic (exact) mass is 390 g/mol. The standard InChI is InChI=1S/C20H22N2O2S.ClH/c21-16-9-10-17-15(11-16)7-4-8-18(17)22-20(24)13-25-12-19(23)14-5-2-1-3-6-14;/h1-3,5-6,9-11,18H,4,7-8,12-13,21H2,(H,22,24);1H. The van der Waals surface area contributed by atoms with Crippen molar-refractivity contribution in [3.05, 3.63) is 65.2 Å². The molecule has 0 aliphatic heterocycles. The number of aryl methyl sites for hydroxylation is 1. The Hall–Kier alpha value is -1.98. The van der Waals surface area contributed by atoms with Crippen LogP contribution in [0, 0.1) is 0 Å². The number of ketones is 1. The predicted octanol–water partition coefficient (Wildman–Crippen LogP) is 3.80. The number of fused-ring (bicyclic) bond motifs is 1. The number of amides is 1. The molecule has 1 aliphatic carbocycles. The van der Waals surface area contributed by atoms with Crippen LogP contribution >= 0.6 is 24.2 Å². The van der Waals surface area contributed by atoms with Crippen molar-refractivity contribution in [3.63, 3.8) is 0 Å². The van der Waals surface area contributed by atoms with E-state index in [1.54, 1.807) is 12.1 Å². The third-order valence-electron chi connectivity index (χ3n) is 4.38. The van der Waals surface area contributed by atoms with Crippen LogP contribution in [0.3, 0.4) is 0 Å². The number of benzene rings is 2. The van der Waals surface area contributed by atoms with Crippen molar-refractivity contribution in [1.82, 2.24) is 5.32 Å². The van der Waals surface area contributed by atoms with Crippen LogP contribution in [-0.2, 0) is 11.2 Å². The first kappa shape index (κ1) is 20.3. The maximum absolute atomic E-state index is 12.2. The van der Waals surface area contributed by atoms with Crippen LogP contribution < -0.4 is 11.1 Å². The summed E-state index contributed by atoms with van der Waals surface area (Å²) >= 11 is 1.36. The number of anilines is 1. The largest absolute Gasteiger partial charge is 0.399 e. The number of halogens is 1. The third kappa shape index (κ3) is 5.26. The van der Waals surface area contributed by atoms with Gasteiger partial charge in [0.1, 0.15) is 0 Å². The summed E-state index contributed by atoms with van der Waals surface area (Å²) in [6, 6.07) is 15.1. The quantitative estimate of drug-likeness (QED) is 0.581. The zero-order valence-electron chi connectivity index (χ0n) is 14.4. The molecule has 0 spiro atoms. The average molecular weight is 391 g/mol. The Bertz CT molecular complexity index is 768. The second-order valence-corrected chi connectivity index (χ2v) is 7.24. The Morgan fingerprint density at radius 1 is 1.12 bits per heavy atom. The van der Waals surface area contributed by atoms with Gasteiger partial charge in [0.05, 0.1) is 17.5 Å². The number of nitrogens with two attached hydrogens (primary N) is 1. The highest BCUT2D eigenvalue weighted by molar-refractivity contribution is 8.00. The summed E-state index contributed by atoms with van der Waals surface area (Å²) in [5.41, 5.74) is 9.69. The molecule has 1 unspecified atom stereocenters. The van der Waals surface area contributed by atoms with E-state index in [4.69, 9.17) is 5.73 Å². The van der Waals surface area contributed by atoms with Crippen molar-refractivity contribution in [1.29, 1.82) is 0 Å². The molecule has 3 N–H and O–H groups in total. The maximum Gasteiger partial charge on any atom is 0.230 e. The highest BCUT2D eigenvalue weighted by Gasteiger charge is 2.21. The van der Waals surface area contributed by atoms with Crippen LogP contribution in [0.2, 0.25) is 0 Å². The van der Waals surface area contributed by atoms with E-state index < -0.39 is 0 Å². The van der Waals surface area contributed by atoms with E-state index in [1.807, 2.05) is 36.4 Å². The molecule has 0 saturated heterocycles. The average Bonchev–Trinajstić information content (AvgIpc) is 2.62. The minimum Gasteiger partial charge on any atom is -0.399 e. The van der Waals surface area contributed by atoms with Crippen molar-refractivity contribution in [2.24, 2.45) is 0 Å². The molecule has 6 heteroatoms. The lowest BCUT2D eigenvalue weighted by atomic mass is 9.87. The first-order chi connectivity index (χ1) is 12.1. The number of carbonyl (C=O) groups is 2. The molecule has 0 fully saturated rings. The van der Waals surface area contributed by atoms with Gasteiger partial charge in [-0.05, 0) is 42.5 Å². The lowest BCUT2D eigenvalue weighted by Crippen LogP contribution is -2.32. The van der Waals surface area contributed by atoms with E-state index in [2.05, 4.69) is 5.32 Å². The zero-order chi connectivity index (χ0) is 17.6. The summed E-state index contributed by atoms with van der Waals surface area (Å²) in [5, 5.41) is 3.10. The van der Waals surface area contributed by atoms with Gasteiger partial charge in [0.2, 0.25) is 5.91 Å². The van der Waals surface area contributed by atoms with E-state index in [9.17, 15) is 9.59 Å². The van der Waals surface area contributed by atoms with Gasteiger partial charge in [-0.15, -0.1) is 24.2 Å². The van der Waals surface area contributed by atoms with Gasteiger partial charge < -0.3 is 11.1 Å². The van der Waals surface area contributed by atoms with Gasteiger partial charge in [0.15, 0.2) is 5.78 Å². The molecular formula is C20H23ClN2O2S. The molecule has 1 aliphatic rings. The molecule has 0 radical (unpaired) electrons. The van der Waals surface area contributed by atoms with E-state index in [0.717, 1.165) is 24.9 Å². The second kappa shape index (κ2) is 9.64. The number of rotatable bonds is 6. The van der Waals surface area contributed by atoms with Crippen LogP contribution in [0.4, 0.5) is 5.69 Å². The summed E-state index contributed by atoms with van der Waals surface area (Å²) in [7, 11) is 0. The molecule has 1 amide bonds. The van der Waals surface area contributed by atoms with Crippen molar-refractivity contribution in [3.8, 4) is 0 Å². The van der Waals surface area contributed by atoms with Gasteiger partial charge in [-0.25, -0.2) is 0 Å². The zero-order valence-corrected chi connectivity index (χ0v) is 16.1. The number of Topliss-reactive ketones (excluding diaryl/α,β-unsaturated/α-hetero) is 1. The Morgan fingerprint density at radius 2 is 1.88 bits per heavy atom. The Balaban J connectivity index is 0.00000243. The number of carbonyl (C=O) groups excluding carboxylic acids is 2. The van der Waals surface area contributed by atoms with Crippen molar-refractivity contribution < 1.29 is 9.59 Å². The third-order valence-corrected chi connectivity index (χ3v) is 5.31. The van der Waals surface area contributed by atoms with Gasteiger partial charge in [0.25, 0.3) is 0 Å². The second-order valence-electron chi connectivity index (χ2n) is 6.25. The first-order valence-electron chi connectivity index (χ1n) is 8.47. The minimum absolute atomic E-state index is 0. The van der Waals surface area contributed by atoms with E-state index in [-0.39, 0.29) is 30.1 Å². The lowest BCUT2D eigenvalue weighted by Gasteiger charge is -2.26. The minimum atomic E-state index is -0.0273. The molecule has 2 aromatic rings. The lowest BCUT2D eigenvalue weighted by molar-refractivity contribution is -0.119.